The summed E-state index contributed by atoms with van der Waals surface area (Å²) in [5.74, 6) is 0.110. The summed E-state index contributed by atoms with van der Waals surface area (Å²) in [6.07, 6.45) is 0. The molecule has 0 aliphatic carbocycles. The van der Waals surface area contributed by atoms with E-state index in [1.165, 1.54) is 18.2 Å². The van der Waals surface area contributed by atoms with Crippen molar-refractivity contribution in [1.82, 2.24) is 9.97 Å². The minimum Gasteiger partial charge on any atom is -0.510 e. The molecule has 0 amide bonds. The van der Waals surface area contributed by atoms with E-state index in [-0.39, 0.29) is 22.8 Å². The van der Waals surface area contributed by atoms with Crippen molar-refractivity contribution in [2.45, 2.75) is 20.8 Å². The smallest absolute Gasteiger partial charge is 0.271 e. The van der Waals surface area contributed by atoms with Crippen LogP contribution in [0.4, 0.5) is 5.69 Å². The molecule has 7 heteroatoms. The number of nitriles is 1. The summed E-state index contributed by atoms with van der Waals surface area (Å²) in [6, 6.07) is 6.10. The molecule has 1 aromatic heterocycles. The zero-order valence-electron chi connectivity index (χ0n) is 11.8. The van der Waals surface area contributed by atoms with Gasteiger partial charge in [-0.25, -0.2) is 4.98 Å². The molecule has 2 N–H and O–H groups in total. The van der Waals surface area contributed by atoms with Crippen molar-refractivity contribution in [3.63, 3.8) is 0 Å². The average molecular weight is 286 g/mol. The highest BCUT2D eigenvalue weighted by molar-refractivity contribution is 5.84. The molecular formula is C14H14N4O3. The Morgan fingerprint density at radius 2 is 2.14 bits per heavy atom. The maximum absolute atomic E-state index is 10.8. The lowest BCUT2D eigenvalue weighted by Gasteiger charge is -2.18. The van der Waals surface area contributed by atoms with Gasteiger partial charge in [-0.05, 0) is 6.07 Å². The first-order chi connectivity index (χ1) is 9.74. The largest absolute Gasteiger partial charge is 0.510 e. The van der Waals surface area contributed by atoms with Crippen LogP contribution in [0, 0.1) is 26.9 Å². The molecule has 0 bridgehead atoms. The summed E-state index contributed by atoms with van der Waals surface area (Å²) in [5.41, 5.74) is 0.288. The lowest BCUT2D eigenvalue weighted by Crippen LogP contribution is -2.11. The van der Waals surface area contributed by atoms with Crippen LogP contribution < -0.4 is 0 Å². The van der Waals surface area contributed by atoms with Gasteiger partial charge in [0.1, 0.15) is 17.4 Å². The van der Waals surface area contributed by atoms with Gasteiger partial charge in [-0.2, -0.15) is 5.26 Å². The summed E-state index contributed by atoms with van der Waals surface area (Å²) < 4.78 is 0. The van der Waals surface area contributed by atoms with E-state index in [1.54, 1.807) is 20.8 Å². The number of imidazole rings is 1. The van der Waals surface area contributed by atoms with Crippen LogP contribution in [0.3, 0.4) is 0 Å². The molecule has 2 aromatic rings. The average Bonchev–Trinajstić information content (AvgIpc) is 2.80. The summed E-state index contributed by atoms with van der Waals surface area (Å²) in [5, 5.41) is 30.2. The predicted molar refractivity (Wildman–Crippen MR) is 77.4 cm³/mol. The number of non-ortho nitro benzene ring substituents is 1. The van der Waals surface area contributed by atoms with Crippen molar-refractivity contribution in [3.8, 4) is 6.07 Å². The van der Waals surface area contributed by atoms with Gasteiger partial charge in [-0.15, -0.1) is 0 Å². The third kappa shape index (κ3) is 2.69. The maximum Gasteiger partial charge on any atom is 0.271 e. The summed E-state index contributed by atoms with van der Waals surface area (Å²) in [7, 11) is 0. The highest BCUT2D eigenvalue weighted by Crippen LogP contribution is 2.30. The number of aromatic amines is 1. The van der Waals surface area contributed by atoms with E-state index in [9.17, 15) is 20.5 Å². The van der Waals surface area contributed by atoms with Crippen molar-refractivity contribution in [3.05, 3.63) is 39.9 Å². The Hall–Kier alpha value is -2.88. The highest BCUT2D eigenvalue weighted by atomic mass is 16.6. The van der Waals surface area contributed by atoms with E-state index < -0.39 is 10.3 Å². The monoisotopic (exact) mass is 286 g/mol. The third-order valence-corrected chi connectivity index (χ3v) is 2.97. The van der Waals surface area contributed by atoms with Gasteiger partial charge in [0, 0.05) is 17.5 Å². The van der Waals surface area contributed by atoms with E-state index in [4.69, 9.17) is 0 Å². The van der Waals surface area contributed by atoms with Gasteiger partial charge in [0.05, 0.1) is 16.0 Å². The van der Waals surface area contributed by atoms with Crippen LogP contribution in [0.15, 0.2) is 24.0 Å². The number of fused-ring (bicyclic) bond motifs is 1. The van der Waals surface area contributed by atoms with Crippen molar-refractivity contribution in [2.24, 2.45) is 5.41 Å². The molecule has 0 radical (unpaired) electrons. The first-order valence-electron chi connectivity index (χ1n) is 6.22. The van der Waals surface area contributed by atoms with Gasteiger partial charge >= 0.3 is 0 Å². The second kappa shape index (κ2) is 4.90. The SMILES string of the molecule is CC(C)(C)/C(O)=C(\C#N)c1nc2ccc([N+](=O)[O-])cc2[nH]1. The number of allylic oxidation sites excluding steroid dienone is 2. The number of H-pyrrole nitrogens is 1. The lowest BCUT2D eigenvalue weighted by molar-refractivity contribution is -0.384. The fraction of sp³-hybridized carbons (Fsp3) is 0.286. The number of aliphatic hydroxyl groups is 1. The van der Waals surface area contributed by atoms with Gasteiger partial charge < -0.3 is 10.1 Å². The molecule has 0 aliphatic heterocycles. The molecule has 0 spiro atoms. The normalized spacial score (nSPS) is 12.9. The van der Waals surface area contributed by atoms with Crippen LogP contribution in [-0.2, 0) is 0 Å². The number of nitrogens with zero attached hydrogens (tertiary/aromatic N) is 3. The van der Waals surface area contributed by atoms with Gasteiger partial charge in [0.2, 0.25) is 0 Å². The van der Waals surface area contributed by atoms with Crippen LogP contribution in [0.25, 0.3) is 16.6 Å². The van der Waals surface area contributed by atoms with E-state index >= 15 is 0 Å². The molecule has 0 aliphatic rings. The third-order valence-electron chi connectivity index (χ3n) is 2.97. The van der Waals surface area contributed by atoms with Crippen molar-refractivity contribution >= 4 is 22.3 Å². The van der Waals surface area contributed by atoms with Crippen LogP contribution in [0.5, 0.6) is 0 Å². The number of hydrogen-bond acceptors (Lipinski definition) is 5. The first kappa shape index (κ1) is 14.5. The number of rotatable bonds is 2. The van der Waals surface area contributed by atoms with E-state index in [1.807, 2.05) is 6.07 Å². The maximum atomic E-state index is 10.8. The Balaban J connectivity index is 2.62. The topological polar surface area (TPSA) is 116 Å². The van der Waals surface area contributed by atoms with Crippen LogP contribution >= 0.6 is 0 Å². The fourth-order valence-electron chi connectivity index (χ4n) is 1.82. The molecule has 0 saturated carbocycles. The predicted octanol–water partition coefficient (Wildman–Crippen LogP) is 3.31. The molecule has 108 valence electrons. The minimum atomic E-state index is -0.601. The quantitative estimate of drug-likeness (QED) is 0.380. The molecule has 0 saturated heterocycles. The number of aromatic nitrogens is 2. The second-order valence-corrected chi connectivity index (χ2v) is 5.63. The standard InChI is InChI=1S/C14H14N4O3/c1-14(2,3)12(19)9(7-15)13-16-10-5-4-8(18(20)21)6-11(10)17-13/h4-6,19H,1-3H3,(H,16,17)/b12-9-. The zero-order valence-corrected chi connectivity index (χ0v) is 11.8. The molecule has 0 atom stereocenters. The van der Waals surface area contributed by atoms with Crippen LogP contribution in [0.1, 0.15) is 26.6 Å². The number of nitro benzene ring substituents is 1. The minimum absolute atomic E-state index is 0.0290. The van der Waals surface area contributed by atoms with Crippen molar-refractivity contribution in [2.75, 3.05) is 0 Å². The summed E-state index contributed by atoms with van der Waals surface area (Å²) >= 11 is 0. The Bertz CT molecular complexity index is 791. The zero-order chi connectivity index (χ0) is 15.8. The van der Waals surface area contributed by atoms with Gasteiger partial charge in [0.25, 0.3) is 5.69 Å². The van der Waals surface area contributed by atoms with Crippen molar-refractivity contribution in [1.29, 1.82) is 5.26 Å². The summed E-state index contributed by atoms with van der Waals surface area (Å²) in [6.45, 7) is 5.31. The number of benzene rings is 1. The Labute approximate surface area is 120 Å². The molecule has 7 nitrogen and oxygen atoms in total. The fourth-order valence-corrected chi connectivity index (χ4v) is 1.82. The molecule has 1 aromatic carbocycles. The van der Waals surface area contributed by atoms with E-state index in [2.05, 4.69) is 9.97 Å². The Morgan fingerprint density at radius 1 is 1.48 bits per heavy atom. The van der Waals surface area contributed by atoms with Crippen LogP contribution in [-0.4, -0.2) is 20.0 Å². The molecule has 0 unspecified atom stereocenters. The molecule has 2 rings (SSSR count). The van der Waals surface area contributed by atoms with Crippen molar-refractivity contribution < 1.29 is 10.0 Å². The molecule has 21 heavy (non-hydrogen) atoms. The highest BCUT2D eigenvalue weighted by Gasteiger charge is 2.23. The first-order valence-corrected chi connectivity index (χ1v) is 6.22. The van der Waals surface area contributed by atoms with Gasteiger partial charge in [0.15, 0.2) is 5.82 Å². The van der Waals surface area contributed by atoms with Crippen LogP contribution in [0.2, 0.25) is 0 Å². The second-order valence-electron chi connectivity index (χ2n) is 5.63. The van der Waals surface area contributed by atoms with E-state index in [0.29, 0.717) is 11.0 Å². The Kier molecular flexibility index (Phi) is 3.39. The number of aliphatic hydroxyl groups excluding tert-OH is 1. The number of nitrogens with one attached hydrogen (secondary N) is 1. The Morgan fingerprint density at radius 3 is 2.67 bits per heavy atom. The molecule has 1 heterocycles. The number of nitro groups is 1. The number of hydrogen-bond donors (Lipinski definition) is 2. The van der Waals surface area contributed by atoms with Gasteiger partial charge in [-0.1, -0.05) is 20.8 Å². The summed E-state index contributed by atoms with van der Waals surface area (Å²) in [4.78, 5) is 17.3. The lowest BCUT2D eigenvalue weighted by atomic mass is 9.91. The van der Waals surface area contributed by atoms with E-state index in [0.717, 1.165) is 0 Å². The molecule has 0 fully saturated rings. The van der Waals surface area contributed by atoms with Gasteiger partial charge in [-0.3, -0.25) is 10.1 Å². The molecular weight excluding hydrogens is 272 g/mol.